The van der Waals surface area contributed by atoms with Crippen LogP contribution in [0.15, 0.2) is 96.0 Å². The second kappa shape index (κ2) is 21.0. The summed E-state index contributed by atoms with van der Waals surface area (Å²) in [5.74, 6) is 1.21. The molecule has 4 aliphatic rings. The quantitative estimate of drug-likeness (QED) is 0.0502. The lowest BCUT2D eigenvalue weighted by atomic mass is 10.0. The van der Waals surface area contributed by atoms with Crippen molar-refractivity contribution in [1.29, 1.82) is 0 Å². The summed E-state index contributed by atoms with van der Waals surface area (Å²) in [6.07, 6.45) is 4.26. The van der Waals surface area contributed by atoms with Gasteiger partial charge < -0.3 is 34.2 Å². The summed E-state index contributed by atoms with van der Waals surface area (Å²) < 4.78 is 29.5. The smallest absolute Gasteiger partial charge is 0.362 e. The van der Waals surface area contributed by atoms with E-state index < -0.39 is 19.5 Å². The van der Waals surface area contributed by atoms with E-state index in [9.17, 15) is 18.9 Å². The lowest BCUT2D eigenvalue weighted by Crippen LogP contribution is -2.53. The zero-order chi connectivity index (χ0) is 47.4. The molecule has 3 amide bonds. The van der Waals surface area contributed by atoms with Crippen LogP contribution >= 0.6 is 31.0 Å². The number of amides is 3. The summed E-state index contributed by atoms with van der Waals surface area (Å²) in [4.78, 5) is 56.8. The van der Waals surface area contributed by atoms with E-state index >= 15 is 0 Å². The molecule has 5 aromatic rings. The van der Waals surface area contributed by atoms with Crippen molar-refractivity contribution in [2.45, 2.75) is 61.5 Å². The lowest BCUT2D eigenvalue weighted by molar-refractivity contribution is -0.136. The zero-order valence-corrected chi connectivity index (χ0v) is 40.7. The van der Waals surface area contributed by atoms with Gasteiger partial charge in [0.1, 0.15) is 16.8 Å². The van der Waals surface area contributed by atoms with E-state index in [0.717, 1.165) is 80.6 Å². The molecular formula is C49H55ClN9O7PS. The highest BCUT2D eigenvalue weighted by Crippen LogP contribution is 2.47. The monoisotopic (exact) mass is 979 g/mol. The summed E-state index contributed by atoms with van der Waals surface area (Å²) >= 11 is 8.21. The van der Waals surface area contributed by atoms with Crippen LogP contribution < -0.4 is 30.9 Å². The minimum atomic E-state index is -3.56. The Morgan fingerprint density at radius 2 is 1.59 bits per heavy atom. The molecule has 1 unspecified atom stereocenters. The average Bonchev–Trinajstić information content (AvgIpc) is 3.70. The number of nitrogens with one attached hydrogen (secondary N) is 3. The number of fused-ring (bicyclic) bond motifs is 1. The van der Waals surface area contributed by atoms with Crippen LogP contribution in [0.1, 0.15) is 52.7 Å². The van der Waals surface area contributed by atoms with Crippen molar-refractivity contribution >= 4 is 82.8 Å². The first kappa shape index (κ1) is 47.5. The Morgan fingerprint density at radius 3 is 2.32 bits per heavy atom. The average molecular weight is 981 g/mol. The zero-order valence-electron chi connectivity index (χ0n) is 38.3. The van der Waals surface area contributed by atoms with Gasteiger partial charge in [-0.3, -0.25) is 34.1 Å². The summed E-state index contributed by atoms with van der Waals surface area (Å²) in [5, 5.41) is 9.44. The van der Waals surface area contributed by atoms with Gasteiger partial charge >= 0.3 is 7.60 Å². The second-order valence-corrected chi connectivity index (χ2v) is 20.9. The molecule has 68 heavy (non-hydrogen) atoms. The highest BCUT2D eigenvalue weighted by atomic mass is 35.5. The van der Waals surface area contributed by atoms with Crippen molar-refractivity contribution in [2.24, 2.45) is 0 Å². The molecule has 16 nitrogen and oxygen atoms in total. The Morgan fingerprint density at radius 1 is 0.838 bits per heavy atom. The molecule has 4 aliphatic heterocycles. The van der Waals surface area contributed by atoms with Crippen molar-refractivity contribution in [1.82, 2.24) is 30.0 Å². The first-order valence-corrected chi connectivity index (χ1v) is 25.7. The van der Waals surface area contributed by atoms with Crippen molar-refractivity contribution in [3.05, 3.63) is 118 Å². The first-order valence-electron chi connectivity index (χ1n) is 22.8. The summed E-state index contributed by atoms with van der Waals surface area (Å²) in [6.45, 7) is 7.36. The van der Waals surface area contributed by atoms with Crippen molar-refractivity contribution < 1.29 is 32.7 Å². The van der Waals surface area contributed by atoms with Gasteiger partial charge in [-0.1, -0.05) is 54.1 Å². The fourth-order valence-corrected chi connectivity index (χ4v) is 11.9. The number of piperidine rings is 2. The highest BCUT2D eigenvalue weighted by molar-refractivity contribution is 7.98. The van der Waals surface area contributed by atoms with Crippen molar-refractivity contribution in [2.75, 3.05) is 76.1 Å². The number of halogens is 1. The summed E-state index contributed by atoms with van der Waals surface area (Å²) in [7, 11) is 0.757. The van der Waals surface area contributed by atoms with Crippen LogP contribution in [0, 0.1) is 0 Å². The number of thioether (sulfide) groups is 1. The van der Waals surface area contributed by atoms with E-state index in [2.05, 4.69) is 70.9 Å². The molecule has 0 saturated carbocycles. The molecular weight excluding hydrogens is 925 g/mol. The molecule has 356 valence electrons. The summed E-state index contributed by atoms with van der Waals surface area (Å²) in [6, 6.07) is 27.6. The maximum absolute atomic E-state index is 13.3. The first-order chi connectivity index (χ1) is 33.0. The molecule has 0 spiro atoms. The number of imide groups is 1. The van der Waals surface area contributed by atoms with Gasteiger partial charge in [-0.05, 0) is 72.4 Å². The van der Waals surface area contributed by atoms with Gasteiger partial charge in [-0.15, -0.1) is 11.8 Å². The SMILES string of the molecule is COc1cc(N2CCC(N3CCN(Cc4ccc(CSc5cccc6c5CN(C5CCC(=O)NC5=O)C6=O)cc4)CC3)CC2)ccc1Nc1ncc(Cl)c(Nc2ccccc2P(=O)(OC)OC)n1. The largest absolute Gasteiger partial charge is 0.494 e. The number of carbonyl (C=O) groups is 3. The molecule has 4 aromatic carbocycles. The van der Waals surface area contributed by atoms with Crippen LogP contribution in [0.25, 0.3) is 0 Å². The van der Waals surface area contributed by atoms with E-state index in [1.165, 1.54) is 31.5 Å². The minimum Gasteiger partial charge on any atom is -0.494 e. The number of rotatable bonds is 16. The fraction of sp³-hybridized carbons (Fsp3) is 0.367. The van der Waals surface area contributed by atoms with Crippen molar-refractivity contribution in [3.8, 4) is 5.75 Å². The van der Waals surface area contributed by atoms with E-state index in [0.29, 0.717) is 58.8 Å². The molecule has 5 heterocycles. The van der Waals surface area contributed by atoms with Gasteiger partial charge in [0.2, 0.25) is 17.8 Å². The summed E-state index contributed by atoms with van der Waals surface area (Å²) in [5.41, 5.74) is 6.37. The molecule has 3 saturated heterocycles. The molecule has 1 atom stereocenters. The Labute approximate surface area is 405 Å². The number of nitrogens with zero attached hydrogens (tertiary/aromatic N) is 6. The van der Waals surface area contributed by atoms with Gasteiger partial charge in [-0.25, -0.2) is 4.98 Å². The molecule has 9 rings (SSSR count). The normalized spacial score (nSPS) is 18.4. The third-order valence-corrected chi connectivity index (χ3v) is 16.6. The van der Waals surface area contributed by atoms with Crippen LogP contribution in [0.3, 0.4) is 0 Å². The van der Waals surface area contributed by atoms with Crippen LogP contribution in [0.5, 0.6) is 5.75 Å². The number of piperazine rings is 1. The van der Waals surface area contributed by atoms with Crippen LogP contribution in [-0.2, 0) is 42.0 Å². The molecule has 1 aromatic heterocycles. The van der Waals surface area contributed by atoms with E-state index in [1.54, 1.807) is 48.0 Å². The number of anilines is 5. The van der Waals surface area contributed by atoms with Gasteiger partial charge in [-0.2, -0.15) is 4.98 Å². The van der Waals surface area contributed by atoms with Crippen LogP contribution in [-0.4, -0.2) is 115 Å². The molecule has 3 fully saturated rings. The van der Waals surface area contributed by atoms with Gasteiger partial charge in [0.05, 0.1) is 30.0 Å². The minimum absolute atomic E-state index is 0.147. The van der Waals surface area contributed by atoms with E-state index in [4.69, 9.17) is 25.4 Å². The van der Waals surface area contributed by atoms with Gasteiger partial charge in [0.15, 0.2) is 5.82 Å². The van der Waals surface area contributed by atoms with E-state index in [1.807, 2.05) is 30.3 Å². The molecule has 19 heteroatoms. The highest BCUT2D eigenvalue weighted by Gasteiger charge is 2.40. The maximum atomic E-state index is 13.3. The number of methoxy groups -OCH3 is 1. The van der Waals surface area contributed by atoms with Crippen LogP contribution in [0.4, 0.5) is 28.8 Å². The predicted octanol–water partition coefficient (Wildman–Crippen LogP) is 7.58. The molecule has 0 aliphatic carbocycles. The number of ether oxygens (including phenoxy) is 1. The fourth-order valence-electron chi connectivity index (χ4n) is 9.46. The van der Waals surface area contributed by atoms with Crippen molar-refractivity contribution in [3.63, 3.8) is 0 Å². The molecule has 3 N–H and O–H groups in total. The van der Waals surface area contributed by atoms with Gasteiger partial charge in [0.25, 0.3) is 5.91 Å². The third-order valence-electron chi connectivity index (χ3n) is 13.2. The third kappa shape index (κ3) is 10.4. The molecule has 0 bridgehead atoms. The predicted molar refractivity (Wildman–Crippen MR) is 265 cm³/mol. The number of hydrogen-bond donors (Lipinski definition) is 3. The Hall–Kier alpha value is -5.52. The number of aromatic nitrogens is 2. The standard InChI is InChI=1S/C49H55ClN9O7PS/c1-64-42-27-35(15-16-39(42)53-49-51-28-38(50)46(55-49)52-40-8-4-5-9-43(40)67(63,65-2)66-3)57-21-19-34(20-22-57)58-25-23-56(24-26-58)29-32-11-13-33(14-12-32)31-68-44-10-6-7-36-37(44)30-59(48(36)62)41-17-18-45(60)54-47(41)61/h4-16,27-28,34,41H,17-26,29-31H2,1-3H3,(H,54,60,61)(H2,51,52,53,55). The second-order valence-electron chi connectivity index (χ2n) is 17.2. The maximum Gasteiger partial charge on any atom is 0.362 e. The Kier molecular flexibility index (Phi) is 14.7. The Bertz CT molecular complexity index is 2710. The Balaban J connectivity index is 0.730. The number of hydrogen-bond acceptors (Lipinski definition) is 15. The van der Waals surface area contributed by atoms with Gasteiger partial charge in [0, 0.05) is 107 Å². The lowest BCUT2D eigenvalue weighted by Gasteiger charge is -2.43. The van der Waals surface area contributed by atoms with E-state index in [-0.39, 0.29) is 23.3 Å². The molecule has 0 radical (unpaired) electrons. The number of para-hydroxylation sites is 1. The number of benzene rings is 4. The topological polar surface area (TPSA) is 171 Å². The number of carbonyl (C=O) groups excluding carboxylic acids is 3. The van der Waals surface area contributed by atoms with Crippen LogP contribution in [0.2, 0.25) is 5.02 Å².